The minimum absolute atomic E-state index is 0.350. The lowest BCUT2D eigenvalue weighted by molar-refractivity contribution is -0.458. The zero-order valence-electron chi connectivity index (χ0n) is 15.6. The van der Waals surface area contributed by atoms with Gasteiger partial charge in [-0.1, -0.05) is 0 Å². The molecule has 0 spiro atoms. The van der Waals surface area contributed by atoms with Crippen molar-refractivity contribution in [3.05, 3.63) is 11.5 Å². The van der Waals surface area contributed by atoms with Crippen molar-refractivity contribution < 1.29 is 92.2 Å². The molecule has 0 aliphatic carbocycles. The Kier molecular flexibility index (Phi) is 8.67. The molecule has 1 nitrogen and oxygen atoms in total. The molecule has 0 aromatic heterocycles. The van der Waals surface area contributed by atoms with Crippen LogP contribution in [0, 0.1) is 0 Å². The Hall–Kier alpha value is -1.19. The van der Waals surface area contributed by atoms with Crippen LogP contribution in [0.15, 0.2) is 11.5 Å². The zero-order valence-corrected chi connectivity index (χ0v) is 17.3. The fourth-order valence-electron chi connectivity index (χ4n) is 1.98. The van der Waals surface area contributed by atoms with Crippen LogP contribution < -0.4 is 0 Å². The number of halogens is 21. The molecule has 0 aliphatic rings. The van der Waals surface area contributed by atoms with Crippen molar-refractivity contribution in [3.63, 3.8) is 0 Å². The number of hydrogen-bond acceptors (Lipinski definition) is 1. The summed E-state index contributed by atoms with van der Waals surface area (Å²) in [4.78, 5) is 0. The topological polar surface area (TPSA) is 9.23 Å². The first kappa shape index (κ1) is 33.8. The predicted octanol–water partition coefficient (Wildman–Crippen LogP) is 7.87. The van der Waals surface area contributed by atoms with E-state index in [1.807, 2.05) is 0 Å². The van der Waals surface area contributed by atoms with Gasteiger partial charge >= 0.3 is 61.0 Å². The summed E-state index contributed by atoms with van der Waals surface area (Å²) in [5.41, 5.74) is -11.6. The second-order valence-corrected chi connectivity index (χ2v) is 10.3. The number of rotatable bonds is 10. The molecule has 210 valence electrons. The van der Waals surface area contributed by atoms with E-state index in [9.17, 15) is 87.8 Å². The molecule has 0 amide bonds. The first-order valence-electron chi connectivity index (χ1n) is 7.67. The molecule has 0 saturated carbocycles. The van der Waals surface area contributed by atoms with Crippen LogP contribution in [0.4, 0.5) is 87.8 Å². The zero-order chi connectivity index (χ0) is 29.1. The van der Waals surface area contributed by atoms with Crippen LogP contribution in [0.2, 0.25) is 0 Å². The van der Waals surface area contributed by atoms with Gasteiger partial charge in [0.1, 0.15) is 0 Å². The third-order valence-electron chi connectivity index (χ3n) is 3.92. The summed E-state index contributed by atoms with van der Waals surface area (Å²) in [5, 5.41) is 0. The molecule has 0 fully saturated rings. The molecule has 0 rings (SSSR count). The van der Waals surface area contributed by atoms with Gasteiger partial charge < -0.3 is 4.43 Å². The Morgan fingerprint density at radius 3 is 1.11 bits per heavy atom. The highest BCUT2D eigenvalue weighted by Gasteiger charge is 2.97. The molecule has 0 aliphatic heterocycles. The normalized spacial score (nSPS) is 17.3. The molecule has 0 saturated heterocycles. The minimum atomic E-state index is -8.96. The molecule has 0 radical (unpaired) electrons. The van der Waals surface area contributed by atoms with Gasteiger partial charge in [0.15, 0.2) is 5.45 Å². The molecule has 0 heterocycles. The smallest absolute Gasteiger partial charge is 0.395 e. The molecular formula is C12H5ClF20OSi. The fourth-order valence-corrected chi connectivity index (χ4v) is 4.66. The Bertz CT molecular complexity index is 813. The summed E-state index contributed by atoms with van der Waals surface area (Å²) in [6.45, 7) is -1.32. The van der Waals surface area contributed by atoms with Crippen LogP contribution in [0.25, 0.3) is 0 Å². The number of hydrogen-bond donors (Lipinski definition) is 0. The summed E-state index contributed by atoms with van der Waals surface area (Å²) in [6, 6.07) is 0. The van der Waals surface area contributed by atoms with Crippen LogP contribution in [0.3, 0.4) is 0 Å². The van der Waals surface area contributed by atoms with Gasteiger partial charge in [0.2, 0.25) is 0 Å². The molecule has 0 bridgehead atoms. The van der Waals surface area contributed by atoms with E-state index in [-0.39, 0.29) is 0 Å². The van der Waals surface area contributed by atoms with E-state index in [4.69, 9.17) is 0 Å². The second kappa shape index (κ2) is 8.98. The molecule has 1 atom stereocenters. The van der Waals surface area contributed by atoms with Crippen LogP contribution in [-0.2, 0) is 4.43 Å². The summed E-state index contributed by atoms with van der Waals surface area (Å²) in [6.07, 6.45) is -12.1. The van der Waals surface area contributed by atoms with E-state index in [0.717, 1.165) is 0 Å². The quantitative estimate of drug-likeness (QED) is 0.139. The van der Waals surface area contributed by atoms with E-state index in [1.54, 1.807) is 0 Å². The largest absolute Gasteiger partial charge is 0.460 e. The summed E-state index contributed by atoms with van der Waals surface area (Å²) < 4.78 is 266. The van der Waals surface area contributed by atoms with Gasteiger partial charge in [0, 0.05) is 6.61 Å². The fraction of sp³-hybridized carbons (Fsp3) is 0.833. The van der Waals surface area contributed by atoms with Gasteiger partial charge in [-0.3, -0.25) is 0 Å². The van der Waals surface area contributed by atoms with Gasteiger partial charge in [-0.15, -0.1) is 11.1 Å². The van der Waals surface area contributed by atoms with Crippen molar-refractivity contribution in [2.45, 2.75) is 54.2 Å². The molecule has 0 N–H and O–H groups in total. The SMILES string of the molecule is CCO[Si](Cl)(C(F)=C(F)F)C(F)(F)C(F)(F)C(F)(F)C(F)(F)C(F)(F)C(F)(F)C(F)(F)C(F)(F)F. The lowest BCUT2D eigenvalue weighted by atomic mass is 9.91. The van der Waals surface area contributed by atoms with Crippen molar-refractivity contribution in [3.8, 4) is 0 Å². The maximum absolute atomic E-state index is 14.1. The summed E-state index contributed by atoms with van der Waals surface area (Å²) in [7, 11) is -7.86. The highest BCUT2D eigenvalue weighted by molar-refractivity contribution is 7.21. The summed E-state index contributed by atoms with van der Waals surface area (Å²) in [5.74, 6) is -52.3. The van der Waals surface area contributed by atoms with Crippen molar-refractivity contribution in [2.75, 3.05) is 6.61 Å². The van der Waals surface area contributed by atoms with Crippen LogP contribution in [0.1, 0.15) is 6.92 Å². The average molecular weight is 609 g/mol. The van der Waals surface area contributed by atoms with Crippen molar-refractivity contribution in [1.29, 1.82) is 0 Å². The minimum Gasteiger partial charge on any atom is -0.395 e. The van der Waals surface area contributed by atoms with E-state index in [1.165, 1.54) is 0 Å². The first-order valence-corrected chi connectivity index (χ1v) is 10.6. The monoisotopic (exact) mass is 608 g/mol. The van der Waals surface area contributed by atoms with Gasteiger partial charge in [-0.25, -0.2) is 4.39 Å². The van der Waals surface area contributed by atoms with Crippen LogP contribution in [0.5, 0.6) is 0 Å². The maximum Gasteiger partial charge on any atom is 0.460 e. The Morgan fingerprint density at radius 2 is 0.857 bits per heavy atom. The Morgan fingerprint density at radius 1 is 0.571 bits per heavy atom. The third kappa shape index (κ3) is 4.33. The first-order chi connectivity index (χ1) is 14.9. The molecule has 0 aromatic rings. The van der Waals surface area contributed by atoms with Crippen LogP contribution in [-0.4, -0.2) is 61.5 Å². The van der Waals surface area contributed by atoms with Gasteiger partial charge in [-0.2, -0.15) is 83.4 Å². The highest BCUT2D eigenvalue weighted by Crippen LogP contribution is 2.65. The van der Waals surface area contributed by atoms with Crippen molar-refractivity contribution >= 4 is 18.7 Å². The molecule has 23 heteroatoms. The van der Waals surface area contributed by atoms with Gasteiger partial charge in [0.05, 0.1) is 0 Å². The van der Waals surface area contributed by atoms with Crippen molar-refractivity contribution in [1.82, 2.24) is 0 Å². The predicted molar refractivity (Wildman–Crippen MR) is 74.3 cm³/mol. The number of alkyl halides is 17. The van der Waals surface area contributed by atoms with Gasteiger partial charge in [0.25, 0.3) is 0 Å². The highest BCUT2D eigenvalue weighted by atomic mass is 35.6. The van der Waals surface area contributed by atoms with E-state index in [2.05, 4.69) is 15.5 Å². The standard InChI is InChI=1S/C12H5ClF20OSi/c1-2-34-35(13,4(16)3(14)15)12(32,33)10(27,28)8(23,24)6(19,20)5(17,18)7(21,22)9(25,26)11(29,30)31/h2H2,1H3. The van der Waals surface area contributed by atoms with E-state index >= 15 is 0 Å². The Labute approximate surface area is 184 Å². The van der Waals surface area contributed by atoms with E-state index < -0.39 is 73.0 Å². The van der Waals surface area contributed by atoms with E-state index in [0.29, 0.717) is 6.92 Å². The van der Waals surface area contributed by atoms with Crippen LogP contribution >= 0.6 is 11.1 Å². The second-order valence-electron chi connectivity index (χ2n) is 6.12. The molecule has 1 unspecified atom stereocenters. The van der Waals surface area contributed by atoms with Crippen molar-refractivity contribution in [2.24, 2.45) is 0 Å². The van der Waals surface area contributed by atoms with Gasteiger partial charge in [-0.05, 0) is 6.92 Å². The average Bonchev–Trinajstić information content (AvgIpc) is 2.65. The third-order valence-corrected chi connectivity index (χ3v) is 8.02. The molecule has 35 heavy (non-hydrogen) atoms. The molecular weight excluding hydrogens is 604 g/mol. The Balaban J connectivity index is 7.22. The summed E-state index contributed by atoms with van der Waals surface area (Å²) >= 11 is 4.44. The molecule has 0 aromatic carbocycles. The lowest BCUT2D eigenvalue weighted by Crippen LogP contribution is -2.77. The lowest BCUT2D eigenvalue weighted by Gasteiger charge is -2.44. The maximum atomic E-state index is 14.1.